The smallest absolute Gasteiger partial charge is 0.231 e. The number of carbonyl (C=O) groups excluding carboxylic acids is 1. The van der Waals surface area contributed by atoms with E-state index in [0.717, 1.165) is 30.8 Å². The summed E-state index contributed by atoms with van der Waals surface area (Å²) >= 11 is 0. The standard InChI is InChI=1S/C19H22N2O/c1-20-13-12-18(15-20)21(17-10-6-3-7-11-17)19(22)14-16-8-4-2-5-9-16/h2-11,18H,12-15H2,1H3. The summed E-state index contributed by atoms with van der Waals surface area (Å²) in [7, 11) is 2.12. The Morgan fingerprint density at radius 1 is 1.09 bits per heavy atom. The molecule has 0 saturated carbocycles. The minimum absolute atomic E-state index is 0.178. The van der Waals surface area contributed by atoms with E-state index < -0.39 is 0 Å². The average molecular weight is 294 g/mol. The average Bonchev–Trinajstić information content (AvgIpc) is 2.95. The predicted octanol–water partition coefficient (Wildman–Crippen LogP) is 2.97. The molecule has 0 spiro atoms. The molecule has 1 amide bonds. The third kappa shape index (κ3) is 3.37. The molecule has 2 aromatic carbocycles. The van der Waals surface area contributed by atoms with E-state index >= 15 is 0 Å². The van der Waals surface area contributed by atoms with Gasteiger partial charge < -0.3 is 9.80 Å². The molecule has 3 rings (SSSR count). The monoisotopic (exact) mass is 294 g/mol. The second kappa shape index (κ2) is 6.75. The van der Waals surface area contributed by atoms with Gasteiger partial charge in [0.2, 0.25) is 5.91 Å². The second-order valence-electron chi connectivity index (χ2n) is 5.97. The molecule has 0 bridgehead atoms. The van der Waals surface area contributed by atoms with Crippen molar-refractivity contribution in [2.75, 3.05) is 25.0 Å². The summed E-state index contributed by atoms with van der Waals surface area (Å²) in [6.45, 7) is 1.99. The Bertz CT molecular complexity index is 612. The van der Waals surface area contributed by atoms with Crippen molar-refractivity contribution in [2.24, 2.45) is 0 Å². The Balaban J connectivity index is 1.83. The zero-order chi connectivity index (χ0) is 15.4. The topological polar surface area (TPSA) is 23.6 Å². The summed E-state index contributed by atoms with van der Waals surface area (Å²) in [5.41, 5.74) is 2.07. The number of nitrogens with zero attached hydrogens (tertiary/aromatic N) is 2. The van der Waals surface area contributed by atoms with E-state index in [2.05, 4.69) is 11.9 Å². The lowest BCUT2D eigenvalue weighted by Gasteiger charge is -2.29. The molecule has 0 aromatic heterocycles. The Kier molecular flexibility index (Phi) is 4.54. The van der Waals surface area contributed by atoms with Crippen molar-refractivity contribution in [3.8, 4) is 0 Å². The van der Waals surface area contributed by atoms with Crippen LogP contribution < -0.4 is 4.90 Å². The molecular formula is C19H22N2O. The van der Waals surface area contributed by atoms with Crippen LogP contribution in [0.5, 0.6) is 0 Å². The number of likely N-dealkylation sites (tertiary alicyclic amines) is 1. The van der Waals surface area contributed by atoms with Crippen molar-refractivity contribution in [3.05, 3.63) is 66.2 Å². The van der Waals surface area contributed by atoms with Gasteiger partial charge in [0.05, 0.1) is 12.5 Å². The SMILES string of the molecule is CN1CCC(N(C(=O)Cc2ccccc2)c2ccccc2)C1. The van der Waals surface area contributed by atoms with Crippen molar-refractivity contribution in [2.45, 2.75) is 18.9 Å². The largest absolute Gasteiger partial charge is 0.308 e. The normalized spacial score (nSPS) is 18.3. The van der Waals surface area contributed by atoms with Gasteiger partial charge in [0.1, 0.15) is 0 Å². The summed E-state index contributed by atoms with van der Waals surface area (Å²) in [4.78, 5) is 17.2. The molecule has 0 radical (unpaired) electrons. The minimum atomic E-state index is 0.178. The molecular weight excluding hydrogens is 272 g/mol. The van der Waals surface area contributed by atoms with Gasteiger partial charge in [-0.25, -0.2) is 0 Å². The van der Waals surface area contributed by atoms with Crippen molar-refractivity contribution < 1.29 is 4.79 Å². The highest BCUT2D eigenvalue weighted by atomic mass is 16.2. The second-order valence-corrected chi connectivity index (χ2v) is 5.97. The molecule has 1 saturated heterocycles. The number of anilines is 1. The van der Waals surface area contributed by atoms with Gasteiger partial charge in [-0.1, -0.05) is 48.5 Å². The van der Waals surface area contributed by atoms with E-state index in [1.165, 1.54) is 0 Å². The van der Waals surface area contributed by atoms with Crippen LogP contribution in [0.2, 0.25) is 0 Å². The van der Waals surface area contributed by atoms with Crippen LogP contribution in [0.25, 0.3) is 0 Å². The first-order valence-corrected chi connectivity index (χ1v) is 7.83. The lowest BCUT2D eigenvalue weighted by Crippen LogP contribution is -2.42. The Hall–Kier alpha value is -2.13. The highest BCUT2D eigenvalue weighted by Gasteiger charge is 2.30. The molecule has 1 atom stereocenters. The minimum Gasteiger partial charge on any atom is -0.308 e. The number of hydrogen-bond donors (Lipinski definition) is 0. The van der Waals surface area contributed by atoms with Gasteiger partial charge >= 0.3 is 0 Å². The fourth-order valence-corrected chi connectivity index (χ4v) is 3.13. The highest BCUT2D eigenvalue weighted by Crippen LogP contribution is 2.23. The van der Waals surface area contributed by atoms with Crippen LogP contribution in [0.15, 0.2) is 60.7 Å². The summed E-state index contributed by atoms with van der Waals surface area (Å²) in [5.74, 6) is 0.178. The summed E-state index contributed by atoms with van der Waals surface area (Å²) < 4.78 is 0. The van der Waals surface area contributed by atoms with Gasteiger partial charge in [0.25, 0.3) is 0 Å². The lowest BCUT2D eigenvalue weighted by atomic mass is 10.1. The van der Waals surface area contributed by atoms with Crippen LogP contribution in [-0.2, 0) is 11.2 Å². The van der Waals surface area contributed by atoms with E-state index in [-0.39, 0.29) is 11.9 Å². The van der Waals surface area contributed by atoms with E-state index in [1.807, 2.05) is 65.6 Å². The van der Waals surface area contributed by atoms with E-state index in [9.17, 15) is 4.79 Å². The number of benzene rings is 2. The van der Waals surface area contributed by atoms with E-state index in [1.54, 1.807) is 0 Å². The number of hydrogen-bond acceptors (Lipinski definition) is 2. The number of carbonyl (C=O) groups is 1. The van der Waals surface area contributed by atoms with Gasteiger partial charge in [-0.05, 0) is 37.7 Å². The molecule has 1 heterocycles. The summed E-state index contributed by atoms with van der Waals surface area (Å²) in [5, 5.41) is 0. The quantitative estimate of drug-likeness (QED) is 0.865. The summed E-state index contributed by atoms with van der Waals surface area (Å²) in [6, 6.07) is 20.3. The molecule has 1 aliphatic heterocycles. The van der Waals surface area contributed by atoms with Crippen LogP contribution >= 0.6 is 0 Å². The van der Waals surface area contributed by atoms with Gasteiger partial charge in [-0.2, -0.15) is 0 Å². The molecule has 3 nitrogen and oxygen atoms in total. The zero-order valence-electron chi connectivity index (χ0n) is 13.0. The zero-order valence-corrected chi connectivity index (χ0v) is 13.0. The van der Waals surface area contributed by atoms with E-state index in [4.69, 9.17) is 0 Å². The van der Waals surface area contributed by atoms with Crippen LogP contribution in [0.1, 0.15) is 12.0 Å². The number of amides is 1. The van der Waals surface area contributed by atoms with Crippen molar-refractivity contribution in [1.29, 1.82) is 0 Å². The van der Waals surface area contributed by atoms with Gasteiger partial charge in [-0.15, -0.1) is 0 Å². The maximum Gasteiger partial charge on any atom is 0.231 e. The number of likely N-dealkylation sites (N-methyl/N-ethyl adjacent to an activating group) is 1. The Morgan fingerprint density at radius 2 is 1.73 bits per heavy atom. The van der Waals surface area contributed by atoms with Crippen LogP contribution in [-0.4, -0.2) is 37.0 Å². The first kappa shape index (κ1) is 14.8. The summed E-state index contributed by atoms with van der Waals surface area (Å²) in [6.07, 6.45) is 1.49. The maximum absolute atomic E-state index is 12.9. The van der Waals surface area contributed by atoms with Gasteiger partial charge in [-0.3, -0.25) is 4.79 Å². The molecule has 0 N–H and O–H groups in total. The van der Waals surface area contributed by atoms with Crippen molar-refractivity contribution >= 4 is 11.6 Å². The molecule has 2 aromatic rings. The Morgan fingerprint density at radius 3 is 2.32 bits per heavy atom. The molecule has 1 fully saturated rings. The first-order valence-electron chi connectivity index (χ1n) is 7.83. The highest BCUT2D eigenvalue weighted by molar-refractivity contribution is 5.95. The van der Waals surface area contributed by atoms with Crippen LogP contribution in [0, 0.1) is 0 Å². The van der Waals surface area contributed by atoms with Crippen LogP contribution in [0.4, 0.5) is 5.69 Å². The van der Waals surface area contributed by atoms with Crippen molar-refractivity contribution in [3.63, 3.8) is 0 Å². The predicted molar refractivity (Wildman–Crippen MR) is 90.0 cm³/mol. The lowest BCUT2D eigenvalue weighted by molar-refractivity contribution is -0.118. The number of rotatable bonds is 4. The maximum atomic E-state index is 12.9. The van der Waals surface area contributed by atoms with Crippen LogP contribution in [0.3, 0.4) is 0 Å². The molecule has 0 aliphatic carbocycles. The third-order valence-corrected chi connectivity index (χ3v) is 4.23. The molecule has 3 heteroatoms. The van der Waals surface area contributed by atoms with Crippen molar-refractivity contribution in [1.82, 2.24) is 4.90 Å². The van der Waals surface area contributed by atoms with E-state index in [0.29, 0.717) is 6.42 Å². The Labute approximate surface area is 132 Å². The first-order chi connectivity index (χ1) is 10.7. The number of para-hydroxylation sites is 1. The molecule has 1 unspecified atom stereocenters. The fourth-order valence-electron chi connectivity index (χ4n) is 3.13. The third-order valence-electron chi connectivity index (χ3n) is 4.23. The van der Waals surface area contributed by atoms with Gasteiger partial charge in [0, 0.05) is 12.2 Å². The molecule has 22 heavy (non-hydrogen) atoms. The molecule has 114 valence electrons. The van der Waals surface area contributed by atoms with Gasteiger partial charge in [0.15, 0.2) is 0 Å². The fraction of sp³-hybridized carbons (Fsp3) is 0.316. The molecule has 1 aliphatic rings.